The van der Waals surface area contributed by atoms with Crippen LogP contribution in [-0.2, 0) is 5.41 Å². The quantitative estimate of drug-likeness (QED) is 0.761. The molecule has 0 amide bonds. The standard InChI is InChI=1S/C13H13ClFN/c1-2-9-6-13(7-9,8-16)12-10(14)4-3-5-11(12)15/h3-5,9H,2,6-7H2,1H3. The van der Waals surface area contributed by atoms with E-state index in [1.807, 2.05) is 0 Å². The predicted molar refractivity (Wildman–Crippen MR) is 61.7 cm³/mol. The summed E-state index contributed by atoms with van der Waals surface area (Å²) >= 11 is 6.01. The van der Waals surface area contributed by atoms with Crippen LogP contribution in [0.4, 0.5) is 4.39 Å². The first kappa shape index (κ1) is 11.4. The summed E-state index contributed by atoms with van der Waals surface area (Å²) in [7, 11) is 0. The lowest BCUT2D eigenvalue weighted by Gasteiger charge is -2.43. The molecule has 0 saturated heterocycles. The Labute approximate surface area is 99.8 Å². The lowest BCUT2D eigenvalue weighted by Crippen LogP contribution is -2.40. The molecule has 16 heavy (non-hydrogen) atoms. The van der Waals surface area contributed by atoms with E-state index in [1.165, 1.54) is 6.07 Å². The van der Waals surface area contributed by atoms with Gasteiger partial charge in [-0.3, -0.25) is 0 Å². The summed E-state index contributed by atoms with van der Waals surface area (Å²) in [6, 6.07) is 6.85. The van der Waals surface area contributed by atoms with Gasteiger partial charge in [-0.25, -0.2) is 4.39 Å². The minimum Gasteiger partial charge on any atom is -0.207 e. The third-order valence-corrected chi connectivity index (χ3v) is 3.82. The average molecular weight is 238 g/mol. The number of nitrogens with zero attached hydrogens (tertiary/aromatic N) is 1. The number of rotatable bonds is 2. The molecule has 0 aromatic heterocycles. The summed E-state index contributed by atoms with van der Waals surface area (Å²) in [5.74, 6) is 0.166. The Morgan fingerprint density at radius 2 is 2.25 bits per heavy atom. The van der Waals surface area contributed by atoms with Crippen molar-refractivity contribution in [1.82, 2.24) is 0 Å². The van der Waals surface area contributed by atoms with E-state index in [-0.39, 0.29) is 5.82 Å². The molecule has 1 aliphatic rings. The van der Waals surface area contributed by atoms with Crippen LogP contribution in [0.3, 0.4) is 0 Å². The Morgan fingerprint density at radius 1 is 1.56 bits per heavy atom. The molecule has 1 fully saturated rings. The monoisotopic (exact) mass is 237 g/mol. The van der Waals surface area contributed by atoms with Gasteiger partial charge in [0.15, 0.2) is 0 Å². The fourth-order valence-electron chi connectivity index (χ4n) is 2.52. The highest BCUT2D eigenvalue weighted by atomic mass is 35.5. The zero-order valence-corrected chi connectivity index (χ0v) is 9.89. The summed E-state index contributed by atoms with van der Waals surface area (Å²) in [6.07, 6.45) is 2.48. The SMILES string of the molecule is CCC1CC(C#N)(c2c(F)cccc2Cl)C1. The van der Waals surface area contributed by atoms with Gasteiger partial charge in [0.2, 0.25) is 0 Å². The summed E-state index contributed by atoms with van der Waals surface area (Å²) in [5, 5.41) is 9.65. The Morgan fingerprint density at radius 3 is 2.75 bits per heavy atom. The van der Waals surface area contributed by atoms with Gasteiger partial charge in [-0.2, -0.15) is 5.26 Å². The van der Waals surface area contributed by atoms with Crippen molar-refractivity contribution in [3.8, 4) is 6.07 Å². The molecule has 0 aliphatic heterocycles. The van der Waals surface area contributed by atoms with Crippen molar-refractivity contribution in [2.45, 2.75) is 31.6 Å². The smallest absolute Gasteiger partial charge is 0.129 e. The van der Waals surface area contributed by atoms with Gasteiger partial charge in [0.1, 0.15) is 5.82 Å². The molecule has 2 rings (SSSR count). The van der Waals surface area contributed by atoms with Gasteiger partial charge in [-0.05, 0) is 30.9 Å². The number of benzene rings is 1. The highest BCUT2D eigenvalue weighted by Gasteiger charge is 2.47. The van der Waals surface area contributed by atoms with Crippen molar-refractivity contribution >= 4 is 11.6 Å². The van der Waals surface area contributed by atoms with Crippen LogP contribution in [0.25, 0.3) is 0 Å². The first-order valence-electron chi connectivity index (χ1n) is 5.48. The molecule has 3 heteroatoms. The van der Waals surface area contributed by atoms with Gasteiger partial charge in [0, 0.05) is 10.6 Å². The molecule has 0 radical (unpaired) electrons. The average Bonchev–Trinajstić information content (AvgIpc) is 2.21. The van der Waals surface area contributed by atoms with Crippen LogP contribution in [0.15, 0.2) is 18.2 Å². The first-order chi connectivity index (χ1) is 7.63. The summed E-state index contributed by atoms with van der Waals surface area (Å²) in [4.78, 5) is 0. The number of nitriles is 1. The Bertz CT molecular complexity index is 423. The molecule has 84 valence electrons. The van der Waals surface area contributed by atoms with Crippen molar-refractivity contribution in [2.24, 2.45) is 5.92 Å². The maximum atomic E-state index is 13.7. The first-order valence-corrected chi connectivity index (χ1v) is 5.86. The van der Waals surface area contributed by atoms with Gasteiger partial charge >= 0.3 is 0 Å². The second-order valence-electron chi connectivity index (χ2n) is 4.47. The minimum atomic E-state index is -0.691. The van der Waals surface area contributed by atoms with Crippen molar-refractivity contribution in [3.63, 3.8) is 0 Å². The van der Waals surface area contributed by atoms with E-state index in [0.717, 1.165) is 19.3 Å². The maximum Gasteiger partial charge on any atom is 0.129 e. The second-order valence-corrected chi connectivity index (χ2v) is 4.88. The summed E-state index contributed by atoms with van der Waals surface area (Å²) < 4.78 is 13.7. The van der Waals surface area contributed by atoms with Crippen molar-refractivity contribution in [3.05, 3.63) is 34.6 Å². The molecule has 0 spiro atoms. The highest BCUT2D eigenvalue weighted by molar-refractivity contribution is 6.31. The Balaban J connectivity index is 2.41. The predicted octanol–water partition coefficient (Wildman–Crippen LogP) is 4.06. The Kier molecular flexibility index (Phi) is 2.90. The lowest BCUT2D eigenvalue weighted by atomic mass is 9.58. The summed E-state index contributed by atoms with van der Waals surface area (Å²) in [6.45, 7) is 2.09. The maximum absolute atomic E-state index is 13.7. The number of hydrogen-bond acceptors (Lipinski definition) is 1. The minimum absolute atomic E-state index is 0.358. The molecule has 1 saturated carbocycles. The van der Waals surface area contributed by atoms with Crippen molar-refractivity contribution < 1.29 is 4.39 Å². The van der Waals surface area contributed by atoms with E-state index in [1.54, 1.807) is 12.1 Å². The third kappa shape index (κ3) is 1.60. The van der Waals surface area contributed by atoms with Gasteiger partial charge in [-0.1, -0.05) is 31.0 Å². The van der Waals surface area contributed by atoms with Crippen LogP contribution in [0, 0.1) is 23.1 Å². The molecule has 1 nitrogen and oxygen atoms in total. The zero-order valence-electron chi connectivity index (χ0n) is 9.13. The molecule has 0 heterocycles. The van der Waals surface area contributed by atoms with Crippen LogP contribution in [0.1, 0.15) is 31.7 Å². The number of hydrogen-bond donors (Lipinski definition) is 0. The molecule has 0 bridgehead atoms. The molecule has 0 N–H and O–H groups in total. The van der Waals surface area contributed by atoms with E-state index in [4.69, 9.17) is 11.6 Å². The highest BCUT2D eigenvalue weighted by Crippen LogP contribution is 2.51. The van der Waals surface area contributed by atoms with E-state index in [0.29, 0.717) is 16.5 Å². The van der Waals surface area contributed by atoms with Crippen LogP contribution < -0.4 is 0 Å². The van der Waals surface area contributed by atoms with Gasteiger partial charge in [-0.15, -0.1) is 0 Å². The second kappa shape index (κ2) is 4.07. The molecule has 1 aromatic carbocycles. The van der Waals surface area contributed by atoms with E-state index in [9.17, 15) is 9.65 Å². The van der Waals surface area contributed by atoms with Gasteiger partial charge in [0.05, 0.1) is 11.5 Å². The van der Waals surface area contributed by atoms with Crippen molar-refractivity contribution in [1.29, 1.82) is 5.26 Å². The Hall–Kier alpha value is -1.07. The van der Waals surface area contributed by atoms with Gasteiger partial charge in [0.25, 0.3) is 0 Å². The van der Waals surface area contributed by atoms with Crippen LogP contribution in [-0.4, -0.2) is 0 Å². The molecule has 0 unspecified atom stereocenters. The van der Waals surface area contributed by atoms with Crippen LogP contribution >= 0.6 is 11.6 Å². The fourth-order valence-corrected chi connectivity index (χ4v) is 2.86. The van der Waals surface area contributed by atoms with Crippen LogP contribution in [0.2, 0.25) is 5.02 Å². The van der Waals surface area contributed by atoms with E-state index >= 15 is 0 Å². The van der Waals surface area contributed by atoms with E-state index < -0.39 is 5.41 Å². The zero-order chi connectivity index (χ0) is 11.8. The number of halogens is 2. The van der Waals surface area contributed by atoms with Crippen LogP contribution in [0.5, 0.6) is 0 Å². The molecular formula is C13H13ClFN. The fraction of sp³-hybridized carbons (Fsp3) is 0.462. The van der Waals surface area contributed by atoms with E-state index in [2.05, 4.69) is 13.0 Å². The normalized spacial score (nSPS) is 28.2. The molecule has 1 aliphatic carbocycles. The molecule has 0 atom stereocenters. The van der Waals surface area contributed by atoms with Crippen molar-refractivity contribution in [2.75, 3.05) is 0 Å². The lowest BCUT2D eigenvalue weighted by molar-refractivity contribution is 0.187. The largest absolute Gasteiger partial charge is 0.207 e. The molecular weight excluding hydrogens is 225 g/mol. The topological polar surface area (TPSA) is 23.8 Å². The third-order valence-electron chi connectivity index (χ3n) is 3.51. The van der Waals surface area contributed by atoms with Gasteiger partial charge < -0.3 is 0 Å². The molecule has 1 aromatic rings. The summed E-state index contributed by atoms with van der Waals surface area (Å²) in [5.41, 5.74) is -0.299.